The van der Waals surface area contributed by atoms with E-state index in [9.17, 15) is 13.2 Å². The highest BCUT2D eigenvalue weighted by atomic mass is 32.2. The zero-order chi connectivity index (χ0) is 12.2. The summed E-state index contributed by atoms with van der Waals surface area (Å²) in [6.07, 6.45) is -0.0923. The molecule has 1 aromatic rings. The van der Waals surface area contributed by atoms with Crippen LogP contribution >= 0.6 is 11.3 Å². The van der Waals surface area contributed by atoms with Crippen LogP contribution in [0.15, 0.2) is 17.4 Å². The maximum atomic E-state index is 11.3. The normalized spacial score (nSPS) is 11.1. The topological polar surface area (TPSA) is 76.1 Å². The molecule has 1 aromatic heterocycles. The van der Waals surface area contributed by atoms with Crippen molar-refractivity contribution in [2.45, 2.75) is 13.3 Å². The summed E-state index contributed by atoms with van der Waals surface area (Å²) >= 11 is 1.41. The van der Waals surface area contributed by atoms with Crippen LogP contribution in [-0.4, -0.2) is 25.1 Å². The van der Waals surface area contributed by atoms with Gasteiger partial charge in [-0.3, -0.25) is 4.79 Å². The average molecular weight is 260 g/mol. The number of hydrogen-bond acceptors (Lipinski definition) is 5. The van der Waals surface area contributed by atoms with Crippen molar-refractivity contribution in [1.29, 1.82) is 0 Å². The molecule has 88 valence electrons. The lowest BCUT2D eigenvalue weighted by atomic mass is 10.4. The van der Waals surface area contributed by atoms with Gasteiger partial charge >= 0.3 is 0 Å². The van der Waals surface area contributed by atoms with E-state index in [0.717, 1.165) is 10.4 Å². The number of aromatic nitrogens is 1. The maximum Gasteiger partial charge on any atom is 0.226 e. The fourth-order valence-corrected chi connectivity index (χ4v) is 2.13. The van der Waals surface area contributed by atoms with Gasteiger partial charge in [0.2, 0.25) is 5.91 Å². The van der Waals surface area contributed by atoms with Crippen molar-refractivity contribution < 1.29 is 13.2 Å². The van der Waals surface area contributed by atoms with Gasteiger partial charge in [0.25, 0.3) is 0 Å². The van der Waals surface area contributed by atoms with E-state index in [1.165, 1.54) is 11.3 Å². The van der Waals surface area contributed by atoms with Crippen LogP contribution < -0.4 is 5.32 Å². The van der Waals surface area contributed by atoms with Gasteiger partial charge in [-0.1, -0.05) is 6.58 Å². The number of nitrogens with one attached hydrogen (secondary N) is 1. The number of sulfone groups is 1. The van der Waals surface area contributed by atoms with Crippen LogP contribution in [-0.2, 0) is 14.6 Å². The first kappa shape index (κ1) is 12.9. The summed E-state index contributed by atoms with van der Waals surface area (Å²) in [6, 6.07) is 0. The quantitative estimate of drug-likeness (QED) is 0.866. The first-order valence-corrected chi connectivity index (χ1v) is 7.09. The summed E-state index contributed by atoms with van der Waals surface area (Å²) in [5.41, 5.74) is 0. The third-order valence-electron chi connectivity index (χ3n) is 1.75. The minimum atomic E-state index is -3.32. The molecule has 0 atom stereocenters. The number of nitrogens with zero attached hydrogens (tertiary/aromatic N) is 1. The van der Waals surface area contributed by atoms with Crippen LogP contribution in [0.4, 0.5) is 5.82 Å². The second kappa shape index (κ2) is 5.22. The van der Waals surface area contributed by atoms with Crippen molar-refractivity contribution in [3.8, 4) is 0 Å². The Kier molecular flexibility index (Phi) is 4.19. The third-order valence-corrected chi connectivity index (χ3v) is 3.81. The molecule has 0 aliphatic carbocycles. The number of anilines is 1. The highest BCUT2D eigenvalue weighted by Gasteiger charge is 2.10. The molecular formula is C9H12N2O3S2. The van der Waals surface area contributed by atoms with E-state index in [2.05, 4.69) is 16.9 Å². The molecule has 1 rings (SSSR count). The van der Waals surface area contributed by atoms with Gasteiger partial charge in [-0.05, 0) is 6.92 Å². The number of carbonyl (C=O) groups excluding carboxylic acids is 1. The van der Waals surface area contributed by atoms with Gasteiger partial charge in [0.05, 0.1) is 10.8 Å². The molecule has 5 nitrogen and oxygen atoms in total. The van der Waals surface area contributed by atoms with Crippen LogP contribution in [0.25, 0.3) is 0 Å². The van der Waals surface area contributed by atoms with E-state index >= 15 is 0 Å². The lowest BCUT2D eigenvalue weighted by molar-refractivity contribution is -0.115. The average Bonchev–Trinajstić information content (AvgIpc) is 2.61. The maximum absolute atomic E-state index is 11.3. The largest absolute Gasteiger partial charge is 0.310 e. The molecule has 0 fully saturated rings. The minimum absolute atomic E-state index is 0.0923. The van der Waals surface area contributed by atoms with Gasteiger partial charge in [0, 0.05) is 17.2 Å². The Labute approximate surface area is 98.1 Å². The molecule has 1 amide bonds. The molecule has 16 heavy (non-hydrogen) atoms. The first-order valence-electron chi connectivity index (χ1n) is 4.50. The van der Waals surface area contributed by atoms with Crippen molar-refractivity contribution in [3.63, 3.8) is 0 Å². The number of amides is 1. The Balaban J connectivity index is 2.46. The Morgan fingerprint density at radius 2 is 2.38 bits per heavy atom. The van der Waals surface area contributed by atoms with Crippen LogP contribution in [0.5, 0.6) is 0 Å². The highest BCUT2D eigenvalue weighted by Crippen LogP contribution is 2.12. The second-order valence-corrected chi connectivity index (χ2v) is 6.21. The fraction of sp³-hybridized carbons (Fsp3) is 0.333. The minimum Gasteiger partial charge on any atom is -0.310 e. The summed E-state index contributed by atoms with van der Waals surface area (Å²) in [7, 11) is -3.32. The first-order chi connectivity index (χ1) is 7.43. The van der Waals surface area contributed by atoms with Crippen LogP contribution in [0, 0.1) is 6.92 Å². The lowest BCUT2D eigenvalue weighted by Gasteiger charge is -2.00. The van der Waals surface area contributed by atoms with E-state index in [-0.39, 0.29) is 18.1 Å². The van der Waals surface area contributed by atoms with Crippen molar-refractivity contribution in [2.75, 3.05) is 11.1 Å². The fourth-order valence-electron chi connectivity index (χ4n) is 0.944. The number of rotatable bonds is 5. The van der Waals surface area contributed by atoms with Gasteiger partial charge in [-0.25, -0.2) is 13.4 Å². The van der Waals surface area contributed by atoms with Gasteiger partial charge in [0.1, 0.15) is 5.82 Å². The number of hydrogen-bond donors (Lipinski definition) is 1. The molecule has 0 bridgehead atoms. The number of aryl methyl sites for hydroxylation is 1. The predicted octanol–water partition coefficient (Wildman–Crippen LogP) is 1.34. The zero-order valence-electron chi connectivity index (χ0n) is 8.76. The van der Waals surface area contributed by atoms with E-state index < -0.39 is 9.84 Å². The summed E-state index contributed by atoms with van der Waals surface area (Å²) < 4.78 is 22.1. The SMILES string of the molecule is C=CS(=O)(=O)CCC(=O)Nc1csc(C)n1. The molecule has 0 aromatic carbocycles. The van der Waals surface area contributed by atoms with E-state index in [1.807, 2.05) is 6.92 Å². The van der Waals surface area contributed by atoms with Crippen LogP contribution in [0.1, 0.15) is 11.4 Å². The summed E-state index contributed by atoms with van der Waals surface area (Å²) in [4.78, 5) is 15.4. The number of carbonyl (C=O) groups is 1. The highest BCUT2D eigenvalue weighted by molar-refractivity contribution is 7.94. The van der Waals surface area contributed by atoms with Crippen molar-refractivity contribution in [2.24, 2.45) is 0 Å². The Morgan fingerprint density at radius 1 is 1.69 bits per heavy atom. The molecule has 0 unspecified atom stereocenters. The molecule has 0 spiro atoms. The van der Waals surface area contributed by atoms with E-state index in [4.69, 9.17) is 0 Å². The Bertz CT molecular complexity index is 491. The monoisotopic (exact) mass is 260 g/mol. The molecule has 1 heterocycles. The lowest BCUT2D eigenvalue weighted by Crippen LogP contribution is -2.16. The van der Waals surface area contributed by atoms with Crippen molar-refractivity contribution in [1.82, 2.24) is 4.98 Å². The zero-order valence-corrected chi connectivity index (χ0v) is 10.4. The van der Waals surface area contributed by atoms with E-state index in [1.54, 1.807) is 5.38 Å². The van der Waals surface area contributed by atoms with Gasteiger partial charge < -0.3 is 5.32 Å². The van der Waals surface area contributed by atoms with Crippen molar-refractivity contribution in [3.05, 3.63) is 22.4 Å². The smallest absolute Gasteiger partial charge is 0.226 e. The molecule has 1 N–H and O–H groups in total. The molecule has 0 radical (unpaired) electrons. The second-order valence-electron chi connectivity index (χ2n) is 3.08. The summed E-state index contributed by atoms with van der Waals surface area (Å²) in [5.74, 6) is -0.134. The van der Waals surface area contributed by atoms with Gasteiger partial charge in [0.15, 0.2) is 9.84 Å². The van der Waals surface area contributed by atoms with E-state index in [0.29, 0.717) is 5.82 Å². The van der Waals surface area contributed by atoms with Crippen LogP contribution in [0.2, 0.25) is 0 Å². The molecule has 0 saturated heterocycles. The standard InChI is InChI=1S/C9H12N2O3S2/c1-3-16(13,14)5-4-9(12)11-8-6-15-7(2)10-8/h3,6H,1,4-5H2,2H3,(H,11,12). The molecule has 7 heteroatoms. The predicted molar refractivity (Wildman–Crippen MR) is 64.1 cm³/mol. The molecule has 0 aliphatic rings. The molecule has 0 saturated carbocycles. The van der Waals surface area contributed by atoms with Gasteiger partial charge in [-0.15, -0.1) is 11.3 Å². The van der Waals surface area contributed by atoms with Crippen LogP contribution in [0.3, 0.4) is 0 Å². The van der Waals surface area contributed by atoms with Gasteiger partial charge in [-0.2, -0.15) is 0 Å². The summed E-state index contributed by atoms with van der Waals surface area (Å²) in [6.45, 7) is 4.99. The number of thiazole rings is 1. The Hall–Kier alpha value is -1.21. The summed E-state index contributed by atoms with van der Waals surface area (Å²) in [5, 5.41) is 5.92. The Morgan fingerprint density at radius 3 is 2.88 bits per heavy atom. The molecule has 0 aliphatic heterocycles. The third kappa shape index (κ3) is 4.11. The van der Waals surface area contributed by atoms with Crippen molar-refractivity contribution >= 4 is 32.9 Å². The molecular weight excluding hydrogens is 248 g/mol.